The van der Waals surface area contributed by atoms with E-state index < -0.39 is 29.7 Å². The molecule has 1 aliphatic heterocycles. The van der Waals surface area contributed by atoms with E-state index in [-0.39, 0.29) is 12.4 Å². The quantitative estimate of drug-likeness (QED) is 0.733. The van der Waals surface area contributed by atoms with Crippen molar-refractivity contribution in [2.75, 3.05) is 6.54 Å². The third-order valence-electron chi connectivity index (χ3n) is 2.33. The van der Waals surface area contributed by atoms with Crippen LogP contribution in [0.5, 0.6) is 0 Å². The molecule has 17 heavy (non-hydrogen) atoms. The van der Waals surface area contributed by atoms with Gasteiger partial charge in [-0.15, -0.1) is 12.4 Å². The van der Waals surface area contributed by atoms with Gasteiger partial charge in [-0.05, 0) is 27.2 Å². The van der Waals surface area contributed by atoms with Crippen molar-refractivity contribution in [2.24, 2.45) is 5.73 Å². The molecule has 1 amide bonds. The summed E-state index contributed by atoms with van der Waals surface area (Å²) >= 11 is 0. The van der Waals surface area contributed by atoms with E-state index in [1.54, 1.807) is 20.8 Å². The number of aliphatic carboxylic acids is 1. The van der Waals surface area contributed by atoms with E-state index in [2.05, 4.69) is 0 Å². The summed E-state index contributed by atoms with van der Waals surface area (Å²) in [6.07, 6.45) is -0.135. The maximum Gasteiger partial charge on any atom is 0.411 e. The second-order valence-electron chi connectivity index (χ2n) is 4.91. The van der Waals surface area contributed by atoms with Gasteiger partial charge >= 0.3 is 12.1 Å². The lowest BCUT2D eigenvalue weighted by atomic mass is 10.1. The largest absolute Gasteiger partial charge is 0.480 e. The Morgan fingerprint density at radius 3 is 2.35 bits per heavy atom. The summed E-state index contributed by atoms with van der Waals surface area (Å²) in [6, 6.07) is -1.50. The lowest BCUT2D eigenvalue weighted by Crippen LogP contribution is -2.49. The molecule has 0 aliphatic carbocycles. The molecule has 0 aromatic heterocycles. The summed E-state index contributed by atoms with van der Waals surface area (Å²) in [5.74, 6) is -1.09. The van der Waals surface area contributed by atoms with Crippen molar-refractivity contribution >= 4 is 24.5 Å². The van der Waals surface area contributed by atoms with Gasteiger partial charge in [0, 0.05) is 12.6 Å². The molecule has 0 bridgehead atoms. The molecular formula is C10H19ClN2O4. The number of carbonyl (C=O) groups is 2. The minimum absolute atomic E-state index is 0. The van der Waals surface area contributed by atoms with Gasteiger partial charge in [0.1, 0.15) is 11.6 Å². The van der Waals surface area contributed by atoms with Crippen LogP contribution in [0.2, 0.25) is 0 Å². The van der Waals surface area contributed by atoms with E-state index in [1.807, 2.05) is 0 Å². The number of nitrogens with zero attached hydrogens (tertiary/aromatic N) is 1. The summed E-state index contributed by atoms with van der Waals surface area (Å²) < 4.78 is 5.12. The molecule has 0 aromatic carbocycles. The Labute approximate surface area is 107 Å². The van der Waals surface area contributed by atoms with Gasteiger partial charge < -0.3 is 15.6 Å². The maximum atomic E-state index is 11.7. The van der Waals surface area contributed by atoms with Crippen LogP contribution >= 0.6 is 12.4 Å². The van der Waals surface area contributed by atoms with Crippen molar-refractivity contribution in [3.05, 3.63) is 0 Å². The molecule has 0 aromatic rings. The first-order valence-corrected chi connectivity index (χ1v) is 5.20. The number of likely N-dealkylation sites (tertiary alicyclic amines) is 1. The SMILES string of the molecule is CC(C)(C)OC(=O)N1CC[C@@H](N)[C@H]1C(=O)O.Cl. The second-order valence-corrected chi connectivity index (χ2v) is 4.91. The zero-order valence-electron chi connectivity index (χ0n) is 10.2. The monoisotopic (exact) mass is 266 g/mol. The fraction of sp³-hybridized carbons (Fsp3) is 0.800. The highest BCUT2D eigenvalue weighted by Gasteiger charge is 2.41. The Hall–Kier alpha value is -1.01. The van der Waals surface area contributed by atoms with Crippen LogP contribution in [0, 0.1) is 0 Å². The van der Waals surface area contributed by atoms with Gasteiger partial charge in [0.15, 0.2) is 0 Å². The molecule has 2 atom stereocenters. The summed E-state index contributed by atoms with van der Waals surface area (Å²) in [4.78, 5) is 23.8. The van der Waals surface area contributed by atoms with Crippen molar-refractivity contribution in [3.63, 3.8) is 0 Å². The van der Waals surface area contributed by atoms with Crippen LogP contribution in [-0.2, 0) is 9.53 Å². The molecule has 0 saturated carbocycles. The fourth-order valence-electron chi connectivity index (χ4n) is 1.66. The molecule has 1 aliphatic rings. The fourth-order valence-corrected chi connectivity index (χ4v) is 1.66. The summed E-state index contributed by atoms with van der Waals surface area (Å²) in [5, 5.41) is 8.97. The van der Waals surface area contributed by atoms with E-state index in [0.717, 1.165) is 0 Å². The number of halogens is 1. The Kier molecular flexibility index (Phi) is 5.22. The number of nitrogens with two attached hydrogens (primary N) is 1. The maximum absolute atomic E-state index is 11.7. The number of ether oxygens (including phenoxy) is 1. The van der Waals surface area contributed by atoms with Crippen LogP contribution < -0.4 is 5.73 Å². The van der Waals surface area contributed by atoms with Crippen molar-refractivity contribution in [2.45, 2.75) is 44.9 Å². The van der Waals surface area contributed by atoms with Crippen molar-refractivity contribution in [3.8, 4) is 0 Å². The lowest BCUT2D eigenvalue weighted by Gasteiger charge is -2.27. The van der Waals surface area contributed by atoms with Gasteiger partial charge in [0.25, 0.3) is 0 Å². The predicted molar refractivity (Wildman–Crippen MR) is 64.2 cm³/mol. The standard InChI is InChI=1S/C10H18N2O4.ClH/c1-10(2,3)16-9(15)12-5-4-6(11)7(12)8(13)14;/h6-7H,4-5,11H2,1-3H3,(H,13,14);1H/t6-,7+;/m1./s1. The van der Waals surface area contributed by atoms with E-state index in [9.17, 15) is 9.59 Å². The molecule has 1 saturated heterocycles. The highest BCUT2D eigenvalue weighted by atomic mass is 35.5. The average Bonchev–Trinajstić information content (AvgIpc) is 2.43. The number of hydrogen-bond acceptors (Lipinski definition) is 4. The molecule has 1 heterocycles. The minimum atomic E-state index is -1.09. The summed E-state index contributed by atoms with van der Waals surface area (Å²) in [5.41, 5.74) is 5.01. The first-order valence-electron chi connectivity index (χ1n) is 5.20. The Morgan fingerprint density at radius 2 is 1.94 bits per heavy atom. The van der Waals surface area contributed by atoms with Crippen LogP contribution in [0.25, 0.3) is 0 Å². The molecule has 0 spiro atoms. The topological polar surface area (TPSA) is 92.9 Å². The Morgan fingerprint density at radius 1 is 1.41 bits per heavy atom. The zero-order valence-corrected chi connectivity index (χ0v) is 11.0. The molecule has 3 N–H and O–H groups in total. The number of amides is 1. The number of carbonyl (C=O) groups excluding carboxylic acids is 1. The second kappa shape index (κ2) is 5.55. The van der Waals surface area contributed by atoms with Crippen LogP contribution in [0.1, 0.15) is 27.2 Å². The van der Waals surface area contributed by atoms with Crippen molar-refractivity contribution < 1.29 is 19.4 Å². The minimum Gasteiger partial charge on any atom is -0.480 e. The van der Waals surface area contributed by atoms with Gasteiger partial charge in [0.05, 0.1) is 0 Å². The molecule has 0 radical (unpaired) electrons. The van der Waals surface area contributed by atoms with Crippen LogP contribution in [0.3, 0.4) is 0 Å². The van der Waals surface area contributed by atoms with Crippen molar-refractivity contribution in [1.82, 2.24) is 4.90 Å². The number of hydrogen-bond donors (Lipinski definition) is 2. The van der Waals surface area contributed by atoms with E-state index >= 15 is 0 Å². The number of rotatable bonds is 1. The van der Waals surface area contributed by atoms with Gasteiger partial charge in [-0.25, -0.2) is 9.59 Å². The molecule has 7 heteroatoms. The summed E-state index contributed by atoms with van der Waals surface area (Å²) in [6.45, 7) is 5.52. The normalized spacial score (nSPS) is 24.1. The third kappa shape index (κ3) is 4.05. The van der Waals surface area contributed by atoms with E-state index in [0.29, 0.717) is 13.0 Å². The Balaban J connectivity index is 0.00000256. The van der Waals surface area contributed by atoms with Gasteiger partial charge in [-0.3, -0.25) is 4.90 Å². The average molecular weight is 267 g/mol. The first kappa shape index (κ1) is 16.0. The smallest absolute Gasteiger partial charge is 0.411 e. The van der Waals surface area contributed by atoms with E-state index in [4.69, 9.17) is 15.6 Å². The zero-order chi connectivity index (χ0) is 12.5. The number of carboxylic acids is 1. The molecule has 100 valence electrons. The predicted octanol–water partition coefficient (Wildman–Crippen LogP) is 0.829. The number of carboxylic acid groups (broad SMARTS) is 1. The molecule has 6 nitrogen and oxygen atoms in total. The van der Waals surface area contributed by atoms with Gasteiger partial charge in [-0.1, -0.05) is 0 Å². The Bertz CT molecular complexity index is 303. The highest BCUT2D eigenvalue weighted by Crippen LogP contribution is 2.20. The lowest BCUT2D eigenvalue weighted by molar-refractivity contribution is -0.142. The third-order valence-corrected chi connectivity index (χ3v) is 2.33. The molecule has 1 rings (SSSR count). The van der Waals surface area contributed by atoms with Crippen LogP contribution in [0.4, 0.5) is 4.79 Å². The van der Waals surface area contributed by atoms with Gasteiger partial charge in [-0.2, -0.15) is 0 Å². The van der Waals surface area contributed by atoms with Crippen molar-refractivity contribution in [1.29, 1.82) is 0 Å². The van der Waals surface area contributed by atoms with E-state index in [1.165, 1.54) is 4.90 Å². The highest BCUT2D eigenvalue weighted by molar-refractivity contribution is 5.85. The first-order chi connectivity index (χ1) is 7.22. The molecule has 0 unspecified atom stereocenters. The van der Waals surface area contributed by atoms with Crippen LogP contribution in [-0.4, -0.2) is 46.3 Å². The van der Waals surface area contributed by atoms with Crippen LogP contribution in [0.15, 0.2) is 0 Å². The molecule has 1 fully saturated rings. The molecular weight excluding hydrogens is 248 g/mol. The van der Waals surface area contributed by atoms with Gasteiger partial charge in [0.2, 0.25) is 0 Å². The summed E-state index contributed by atoms with van der Waals surface area (Å²) in [7, 11) is 0.